The summed E-state index contributed by atoms with van der Waals surface area (Å²) in [4.78, 5) is 23.4. The minimum atomic E-state index is -3.83. The molecular weight excluding hydrogens is 348 g/mol. The number of carbonyl (C=O) groups excluding carboxylic acids is 1. The molecule has 0 radical (unpaired) electrons. The second-order valence-corrected chi connectivity index (χ2v) is 7.98. The monoisotopic (exact) mass is 370 g/mol. The summed E-state index contributed by atoms with van der Waals surface area (Å²) in [5, 5.41) is 11.6. The number of hydrogen-bond acceptors (Lipinski definition) is 5. The van der Waals surface area contributed by atoms with Crippen molar-refractivity contribution in [3.05, 3.63) is 23.8 Å². The Morgan fingerprint density at radius 2 is 1.92 bits per heavy atom. The number of methoxy groups -OCH3 is 1. The largest absolute Gasteiger partial charge is 0.495 e. The lowest BCUT2D eigenvalue weighted by Gasteiger charge is -2.18. The SMILES string of the molecule is COc1ccc(C(=O)N[C@@H](C(=O)O)C(C)C)cc1S(=O)(=O)NC1CC1. The minimum absolute atomic E-state index is 0.0453. The third kappa shape index (κ3) is 4.70. The zero-order chi connectivity index (χ0) is 18.8. The van der Waals surface area contributed by atoms with Crippen LogP contribution in [0.25, 0.3) is 0 Å². The number of aliphatic carboxylic acids is 1. The lowest BCUT2D eigenvalue weighted by Crippen LogP contribution is -2.44. The number of hydrogen-bond donors (Lipinski definition) is 3. The fraction of sp³-hybridized carbons (Fsp3) is 0.500. The predicted octanol–water partition coefficient (Wildman–Crippen LogP) is 0.975. The van der Waals surface area contributed by atoms with Crippen LogP contribution in [0.1, 0.15) is 37.0 Å². The van der Waals surface area contributed by atoms with Crippen LogP contribution in [0.3, 0.4) is 0 Å². The summed E-state index contributed by atoms with van der Waals surface area (Å²) in [6.45, 7) is 3.34. The highest BCUT2D eigenvalue weighted by Gasteiger charge is 2.31. The molecular formula is C16H22N2O6S. The van der Waals surface area contributed by atoms with E-state index >= 15 is 0 Å². The van der Waals surface area contributed by atoms with Crippen molar-refractivity contribution in [3.63, 3.8) is 0 Å². The van der Waals surface area contributed by atoms with Gasteiger partial charge in [0.05, 0.1) is 7.11 Å². The smallest absolute Gasteiger partial charge is 0.326 e. The molecule has 0 heterocycles. The summed E-state index contributed by atoms with van der Waals surface area (Å²) in [5.41, 5.74) is 0.0453. The first-order valence-corrected chi connectivity index (χ1v) is 9.38. The number of rotatable bonds is 8. The molecule has 1 atom stereocenters. The van der Waals surface area contributed by atoms with Crippen LogP contribution < -0.4 is 14.8 Å². The van der Waals surface area contributed by atoms with Crippen molar-refractivity contribution in [1.82, 2.24) is 10.0 Å². The number of ether oxygens (including phenoxy) is 1. The lowest BCUT2D eigenvalue weighted by atomic mass is 10.0. The van der Waals surface area contributed by atoms with Crippen LogP contribution in [0, 0.1) is 5.92 Å². The van der Waals surface area contributed by atoms with E-state index in [4.69, 9.17) is 4.74 Å². The Kier molecular flexibility index (Phi) is 5.69. The maximum absolute atomic E-state index is 12.5. The quantitative estimate of drug-likeness (QED) is 0.627. The van der Waals surface area contributed by atoms with Crippen LogP contribution in [-0.4, -0.2) is 44.6 Å². The molecule has 1 saturated carbocycles. The molecule has 1 aromatic carbocycles. The highest BCUT2D eigenvalue weighted by Crippen LogP contribution is 2.28. The van der Waals surface area contributed by atoms with E-state index in [-0.39, 0.29) is 28.2 Å². The number of carboxylic acids is 1. The molecule has 0 unspecified atom stereocenters. The van der Waals surface area contributed by atoms with E-state index in [1.165, 1.54) is 25.3 Å². The molecule has 1 aliphatic carbocycles. The van der Waals surface area contributed by atoms with Crippen molar-refractivity contribution >= 4 is 21.9 Å². The first-order chi connectivity index (χ1) is 11.7. The number of carbonyl (C=O) groups is 2. The Hall–Kier alpha value is -2.13. The highest BCUT2D eigenvalue weighted by atomic mass is 32.2. The third-order valence-corrected chi connectivity index (χ3v) is 5.38. The number of sulfonamides is 1. The predicted molar refractivity (Wildman–Crippen MR) is 90.1 cm³/mol. The van der Waals surface area contributed by atoms with E-state index in [1.807, 2.05) is 0 Å². The molecule has 0 saturated heterocycles. The van der Waals surface area contributed by atoms with Gasteiger partial charge < -0.3 is 15.2 Å². The van der Waals surface area contributed by atoms with Gasteiger partial charge in [-0.2, -0.15) is 0 Å². The molecule has 138 valence electrons. The molecule has 1 aliphatic rings. The van der Waals surface area contributed by atoms with Crippen LogP contribution in [0.4, 0.5) is 0 Å². The van der Waals surface area contributed by atoms with Gasteiger partial charge in [0.25, 0.3) is 5.91 Å². The average molecular weight is 370 g/mol. The molecule has 2 rings (SSSR count). The molecule has 0 spiro atoms. The van der Waals surface area contributed by atoms with Gasteiger partial charge >= 0.3 is 5.97 Å². The number of benzene rings is 1. The van der Waals surface area contributed by atoms with Crippen molar-refractivity contribution in [2.24, 2.45) is 5.92 Å². The Morgan fingerprint density at radius 3 is 2.40 bits per heavy atom. The van der Waals surface area contributed by atoms with Gasteiger partial charge in [0.1, 0.15) is 16.7 Å². The normalized spacial score (nSPS) is 15.7. The lowest BCUT2D eigenvalue weighted by molar-refractivity contribution is -0.140. The van der Waals surface area contributed by atoms with Gasteiger partial charge in [0, 0.05) is 11.6 Å². The van der Waals surface area contributed by atoms with Gasteiger partial charge in [-0.25, -0.2) is 17.9 Å². The van der Waals surface area contributed by atoms with Crippen LogP contribution in [0.15, 0.2) is 23.1 Å². The topological polar surface area (TPSA) is 122 Å². The summed E-state index contributed by atoms with van der Waals surface area (Å²) in [6, 6.07) is 2.80. The van der Waals surface area contributed by atoms with Gasteiger partial charge in [0.15, 0.2) is 0 Å². The zero-order valence-corrected chi connectivity index (χ0v) is 15.1. The fourth-order valence-corrected chi connectivity index (χ4v) is 3.75. The molecule has 0 aliphatic heterocycles. The number of carboxylic acid groups (broad SMARTS) is 1. The second-order valence-electron chi connectivity index (χ2n) is 6.29. The summed E-state index contributed by atoms with van der Waals surface area (Å²) < 4.78 is 32.5. The van der Waals surface area contributed by atoms with Gasteiger partial charge in [-0.3, -0.25) is 4.79 Å². The molecule has 9 heteroatoms. The van der Waals surface area contributed by atoms with Gasteiger partial charge in [-0.15, -0.1) is 0 Å². The summed E-state index contributed by atoms with van der Waals surface area (Å²) in [6.07, 6.45) is 1.55. The van der Waals surface area contributed by atoms with Crippen molar-refractivity contribution in [2.75, 3.05) is 7.11 Å². The van der Waals surface area contributed by atoms with E-state index in [1.54, 1.807) is 13.8 Å². The number of amides is 1. The molecule has 0 aromatic heterocycles. The minimum Gasteiger partial charge on any atom is -0.495 e. The Bertz CT molecular complexity index is 771. The van der Waals surface area contributed by atoms with E-state index < -0.39 is 27.9 Å². The van der Waals surface area contributed by atoms with Crippen LogP contribution >= 0.6 is 0 Å². The Morgan fingerprint density at radius 1 is 1.28 bits per heavy atom. The molecule has 0 bridgehead atoms. The van der Waals surface area contributed by atoms with Crippen molar-refractivity contribution in [2.45, 2.75) is 43.7 Å². The maximum atomic E-state index is 12.5. The highest BCUT2D eigenvalue weighted by molar-refractivity contribution is 7.89. The molecule has 1 aromatic rings. The molecule has 25 heavy (non-hydrogen) atoms. The van der Waals surface area contributed by atoms with Crippen molar-refractivity contribution in [3.8, 4) is 5.75 Å². The summed E-state index contributed by atoms with van der Waals surface area (Å²) >= 11 is 0. The summed E-state index contributed by atoms with van der Waals surface area (Å²) in [5.74, 6) is -2.02. The molecule has 1 amide bonds. The number of nitrogens with one attached hydrogen (secondary N) is 2. The van der Waals surface area contributed by atoms with Gasteiger partial charge in [-0.1, -0.05) is 13.8 Å². The summed E-state index contributed by atoms with van der Waals surface area (Å²) in [7, 11) is -2.49. The second kappa shape index (κ2) is 7.40. The van der Waals surface area contributed by atoms with Gasteiger partial charge in [0.2, 0.25) is 10.0 Å². The van der Waals surface area contributed by atoms with E-state index in [9.17, 15) is 23.1 Å². The molecule has 8 nitrogen and oxygen atoms in total. The van der Waals surface area contributed by atoms with Gasteiger partial charge in [-0.05, 0) is 37.0 Å². The van der Waals surface area contributed by atoms with Crippen LogP contribution in [0.5, 0.6) is 5.75 Å². The fourth-order valence-electron chi connectivity index (χ4n) is 2.25. The molecule has 3 N–H and O–H groups in total. The van der Waals surface area contributed by atoms with Crippen molar-refractivity contribution < 1.29 is 27.9 Å². The zero-order valence-electron chi connectivity index (χ0n) is 14.3. The maximum Gasteiger partial charge on any atom is 0.326 e. The standard InChI is InChI=1S/C16H22N2O6S/c1-9(2)14(16(20)21)17-15(19)10-4-7-12(24-3)13(8-10)25(22,23)18-11-5-6-11/h4,7-9,11,14,18H,5-6H2,1-3H3,(H,17,19)(H,20,21)/t14-/m1/s1. The Labute approximate surface area is 146 Å². The van der Waals surface area contributed by atoms with E-state index in [0.717, 1.165) is 12.8 Å². The first kappa shape index (κ1) is 19.2. The third-order valence-electron chi connectivity index (χ3n) is 3.83. The van der Waals surface area contributed by atoms with Crippen molar-refractivity contribution in [1.29, 1.82) is 0 Å². The Balaban J connectivity index is 2.31. The molecule has 1 fully saturated rings. The first-order valence-electron chi connectivity index (χ1n) is 7.89. The average Bonchev–Trinajstić information content (AvgIpc) is 3.34. The van der Waals surface area contributed by atoms with Crippen LogP contribution in [0.2, 0.25) is 0 Å². The van der Waals surface area contributed by atoms with E-state index in [2.05, 4.69) is 10.0 Å². The van der Waals surface area contributed by atoms with Crippen LogP contribution in [-0.2, 0) is 14.8 Å². The van der Waals surface area contributed by atoms with E-state index in [0.29, 0.717) is 0 Å².